The van der Waals surface area contributed by atoms with Crippen molar-refractivity contribution in [3.8, 4) is 11.3 Å². The number of H-pyrrole nitrogens is 1. The van der Waals surface area contributed by atoms with Gasteiger partial charge >= 0.3 is 0 Å². The van der Waals surface area contributed by atoms with Gasteiger partial charge in [0.25, 0.3) is 5.91 Å². The van der Waals surface area contributed by atoms with Crippen molar-refractivity contribution < 1.29 is 9.18 Å². The van der Waals surface area contributed by atoms with E-state index in [1.54, 1.807) is 36.2 Å². The molecule has 4 rings (SSSR count). The molecule has 0 bridgehead atoms. The number of nitrogens with zero attached hydrogens (tertiary/aromatic N) is 2. The molecule has 134 valence electrons. The van der Waals surface area contributed by atoms with Crippen molar-refractivity contribution in [1.82, 2.24) is 14.9 Å². The molecule has 0 saturated carbocycles. The molecule has 0 aliphatic heterocycles. The molecule has 0 aliphatic rings. The van der Waals surface area contributed by atoms with Crippen LogP contribution in [0.25, 0.3) is 22.2 Å². The molecule has 27 heavy (non-hydrogen) atoms. The third-order valence-electron chi connectivity index (χ3n) is 4.55. The van der Waals surface area contributed by atoms with E-state index in [4.69, 9.17) is 0 Å². The minimum Gasteiger partial charge on any atom is -0.361 e. The Morgan fingerprint density at radius 2 is 1.81 bits per heavy atom. The quantitative estimate of drug-likeness (QED) is 0.577. The summed E-state index contributed by atoms with van der Waals surface area (Å²) >= 11 is 0. The Balaban J connectivity index is 1.58. The number of fused-ring (bicyclic) bond motifs is 1. The zero-order valence-electron chi connectivity index (χ0n) is 14.8. The van der Waals surface area contributed by atoms with E-state index < -0.39 is 0 Å². The predicted molar refractivity (Wildman–Crippen MR) is 104 cm³/mol. The maximum absolute atomic E-state index is 13.1. The molecule has 4 nitrogen and oxygen atoms in total. The Bertz CT molecular complexity index is 1100. The number of pyridine rings is 1. The lowest BCUT2D eigenvalue weighted by Gasteiger charge is -2.18. The number of amides is 1. The van der Waals surface area contributed by atoms with Gasteiger partial charge in [0.05, 0.1) is 5.69 Å². The van der Waals surface area contributed by atoms with E-state index in [0.29, 0.717) is 17.9 Å². The number of benzene rings is 2. The van der Waals surface area contributed by atoms with Crippen molar-refractivity contribution >= 4 is 16.8 Å². The lowest BCUT2D eigenvalue weighted by molar-refractivity contribution is 0.0780. The second-order valence-electron chi connectivity index (χ2n) is 6.43. The van der Waals surface area contributed by atoms with Gasteiger partial charge in [0, 0.05) is 36.3 Å². The van der Waals surface area contributed by atoms with Gasteiger partial charge in [0.2, 0.25) is 0 Å². The maximum atomic E-state index is 13.1. The van der Waals surface area contributed by atoms with Gasteiger partial charge in [0.1, 0.15) is 11.5 Å². The molecule has 2 aromatic carbocycles. The highest BCUT2D eigenvalue weighted by atomic mass is 19.1. The van der Waals surface area contributed by atoms with Crippen LogP contribution in [0.3, 0.4) is 0 Å². The third kappa shape index (κ3) is 3.44. The topological polar surface area (TPSA) is 49.0 Å². The number of nitrogens with one attached hydrogen (secondary N) is 1. The van der Waals surface area contributed by atoms with E-state index in [1.165, 1.54) is 12.1 Å². The summed E-state index contributed by atoms with van der Waals surface area (Å²) in [5, 5.41) is 1.10. The van der Waals surface area contributed by atoms with Crippen molar-refractivity contribution in [2.24, 2.45) is 0 Å². The molecule has 0 unspecified atom stereocenters. The minimum absolute atomic E-state index is 0.161. The SMILES string of the molecule is CN(Cc1cccc2[nH]ccc12)C(=O)c1cccc(-c2ccc(F)cc2)n1. The van der Waals surface area contributed by atoms with Gasteiger partial charge in [-0.2, -0.15) is 0 Å². The summed E-state index contributed by atoms with van der Waals surface area (Å²) in [5.74, 6) is -0.462. The van der Waals surface area contributed by atoms with Crippen molar-refractivity contribution in [2.45, 2.75) is 6.54 Å². The van der Waals surface area contributed by atoms with Gasteiger partial charge in [-0.05, 0) is 54.1 Å². The molecule has 4 aromatic rings. The predicted octanol–water partition coefficient (Wildman–Crippen LogP) is 4.64. The molecule has 2 heterocycles. The van der Waals surface area contributed by atoms with Crippen molar-refractivity contribution in [2.75, 3.05) is 7.05 Å². The number of hydrogen-bond acceptors (Lipinski definition) is 2. The zero-order chi connectivity index (χ0) is 18.8. The first kappa shape index (κ1) is 17.0. The number of carbonyl (C=O) groups excluding carboxylic acids is 1. The summed E-state index contributed by atoms with van der Waals surface area (Å²) in [6, 6.07) is 19.4. The summed E-state index contributed by atoms with van der Waals surface area (Å²) in [5.41, 5.74) is 3.89. The van der Waals surface area contributed by atoms with Crippen LogP contribution < -0.4 is 0 Å². The fourth-order valence-corrected chi connectivity index (χ4v) is 3.15. The van der Waals surface area contributed by atoms with Crippen LogP contribution in [0.5, 0.6) is 0 Å². The molecular formula is C22H18FN3O. The van der Waals surface area contributed by atoms with Crippen LogP contribution in [0.1, 0.15) is 16.1 Å². The lowest BCUT2D eigenvalue weighted by atomic mass is 10.1. The highest BCUT2D eigenvalue weighted by molar-refractivity contribution is 5.93. The summed E-state index contributed by atoms with van der Waals surface area (Å²) in [7, 11) is 1.76. The number of carbonyl (C=O) groups is 1. The number of aromatic amines is 1. The Morgan fingerprint density at radius 3 is 2.63 bits per heavy atom. The standard InChI is InChI=1S/C22H18FN3O/c1-26(14-16-4-2-6-20-18(16)12-13-24-20)22(27)21-7-3-5-19(25-21)15-8-10-17(23)11-9-15/h2-13,24H,14H2,1H3. The fourth-order valence-electron chi connectivity index (χ4n) is 3.15. The molecule has 0 spiro atoms. The molecule has 0 fully saturated rings. The normalized spacial score (nSPS) is 10.9. The number of halogens is 1. The van der Waals surface area contributed by atoms with E-state index in [-0.39, 0.29) is 11.7 Å². The van der Waals surface area contributed by atoms with Gasteiger partial charge in [-0.1, -0.05) is 18.2 Å². The van der Waals surface area contributed by atoms with Gasteiger partial charge < -0.3 is 9.88 Å². The summed E-state index contributed by atoms with van der Waals surface area (Å²) in [4.78, 5) is 22.2. The van der Waals surface area contributed by atoms with Crippen molar-refractivity contribution in [3.63, 3.8) is 0 Å². The Kier molecular flexibility index (Phi) is 4.42. The van der Waals surface area contributed by atoms with Crippen LogP contribution in [0.4, 0.5) is 4.39 Å². The average Bonchev–Trinajstić information content (AvgIpc) is 3.18. The number of rotatable bonds is 4. The van der Waals surface area contributed by atoms with Crippen LogP contribution >= 0.6 is 0 Å². The van der Waals surface area contributed by atoms with Crippen LogP contribution in [-0.2, 0) is 6.54 Å². The molecule has 0 saturated heterocycles. The first-order valence-corrected chi connectivity index (χ1v) is 8.65. The van der Waals surface area contributed by atoms with E-state index in [0.717, 1.165) is 22.0 Å². The van der Waals surface area contributed by atoms with Gasteiger partial charge in [-0.3, -0.25) is 4.79 Å². The first-order valence-electron chi connectivity index (χ1n) is 8.65. The monoisotopic (exact) mass is 359 g/mol. The molecule has 2 aromatic heterocycles. The molecule has 0 atom stereocenters. The smallest absolute Gasteiger partial charge is 0.272 e. The molecule has 1 amide bonds. The summed E-state index contributed by atoms with van der Waals surface area (Å²) < 4.78 is 13.1. The van der Waals surface area contributed by atoms with E-state index in [9.17, 15) is 9.18 Å². The lowest BCUT2D eigenvalue weighted by Crippen LogP contribution is -2.27. The summed E-state index contributed by atoms with van der Waals surface area (Å²) in [6.07, 6.45) is 1.89. The zero-order valence-corrected chi connectivity index (χ0v) is 14.8. The Labute approximate surface area is 156 Å². The van der Waals surface area contributed by atoms with Gasteiger partial charge in [-0.15, -0.1) is 0 Å². The molecular weight excluding hydrogens is 341 g/mol. The third-order valence-corrected chi connectivity index (χ3v) is 4.55. The summed E-state index contributed by atoms with van der Waals surface area (Å²) in [6.45, 7) is 0.483. The van der Waals surface area contributed by atoms with E-state index in [2.05, 4.69) is 9.97 Å². The molecule has 0 radical (unpaired) electrons. The minimum atomic E-state index is -0.301. The Morgan fingerprint density at radius 1 is 1.04 bits per heavy atom. The van der Waals surface area contributed by atoms with Gasteiger partial charge in [-0.25, -0.2) is 9.37 Å². The van der Waals surface area contributed by atoms with E-state index >= 15 is 0 Å². The van der Waals surface area contributed by atoms with Crippen LogP contribution in [0, 0.1) is 5.82 Å². The van der Waals surface area contributed by atoms with E-state index in [1.807, 2.05) is 36.5 Å². The molecule has 5 heteroatoms. The second-order valence-corrected chi connectivity index (χ2v) is 6.43. The number of hydrogen-bond donors (Lipinski definition) is 1. The molecule has 0 aliphatic carbocycles. The largest absolute Gasteiger partial charge is 0.361 e. The average molecular weight is 359 g/mol. The Hall–Kier alpha value is -3.47. The van der Waals surface area contributed by atoms with Gasteiger partial charge in [0.15, 0.2) is 0 Å². The molecule has 1 N–H and O–H groups in total. The van der Waals surface area contributed by atoms with Crippen LogP contribution in [0.2, 0.25) is 0 Å². The van der Waals surface area contributed by atoms with Crippen molar-refractivity contribution in [3.05, 3.63) is 90.0 Å². The second kappa shape index (κ2) is 7.03. The highest BCUT2D eigenvalue weighted by Crippen LogP contribution is 2.21. The van der Waals surface area contributed by atoms with Crippen LogP contribution in [0.15, 0.2) is 72.9 Å². The van der Waals surface area contributed by atoms with Crippen molar-refractivity contribution in [1.29, 1.82) is 0 Å². The highest BCUT2D eigenvalue weighted by Gasteiger charge is 2.15. The number of aromatic nitrogens is 2. The van der Waals surface area contributed by atoms with Crippen LogP contribution in [-0.4, -0.2) is 27.8 Å². The fraction of sp³-hybridized carbons (Fsp3) is 0.0909. The first-order chi connectivity index (χ1) is 13.1. The maximum Gasteiger partial charge on any atom is 0.272 e.